The van der Waals surface area contributed by atoms with E-state index in [0.29, 0.717) is 23.1 Å². The summed E-state index contributed by atoms with van der Waals surface area (Å²) in [5.74, 6) is 0. The van der Waals surface area contributed by atoms with Crippen LogP contribution in [-0.4, -0.2) is 29.7 Å². The molecule has 3 rings (SSSR count). The Kier molecular flexibility index (Phi) is 4.17. The average molecular weight is 272 g/mol. The molecule has 1 atom stereocenters. The summed E-state index contributed by atoms with van der Waals surface area (Å²) >= 11 is 6.14. The van der Waals surface area contributed by atoms with E-state index >= 15 is 0 Å². The first-order valence-electron chi connectivity index (χ1n) is 7.81. The van der Waals surface area contributed by atoms with E-state index in [1.807, 2.05) is 0 Å². The molecule has 104 valence electrons. The number of hydrogen-bond donors (Lipinski definition) is 1. The fourth-order valence-electron chi connectivity index (χ4n) is 3.98. The van der Waals surface area contributed by atoms with Gasteiger partial charge in [-0.3, -0.25) is 0 Å². The highest BCUT2D eigenvalue weighted by molar-refractivity contribution is 6.20. The number of rotatable bonds is 3. The van der Waals surface area contributed by atoms with Gasteiger partial charge in [0.15, 0.2) is 0 Å². The van der Waals surface area contributed by atoms with Crippen LogP contribution in [-0.2, 0) is 4.74 Å². The van der Waals surface area contributed by atoms with Gasteiger partial charge < -0.3 is 10.1 Å². The zero-order valence-corrected chi connectivity index (χ0v) is 12.1. The minimum atomic E-state index is 0.292. The zero-order chi connectivity index (χ0) is 12.4. The highest BCUT2D eigenvalue weighted by Crippen LogP contribution is 2.43. The van der Waals surface area contributed by atoms with E-state index in [4.69, 9.17) is 16.3 Å². The minimum Gasteiger partial charge on any atom is -0.370 e. The van der Waals surface area contributed by atoms with Crippen LogP contribution in [0.3, 0.4) is 0 Å². The Morgan fingerprint density at radius 3 is 2.44 bits per heavy atom. The molecule has 0 aromatic heterocycles. The predicted octanol–water partition coefficient (Wildman–Crippen LogP) is 3.62. The van der Waals surface area contributed by atoms with Crippen LogP contribution >= 0.6 is 11.6 Å². The molecule has 1 N–H and O–H groups in total. The number of nitrogens with one attached hydrogen (secondary N) is 1. The van der Waals surface area contributed by atoms with Crippen LogP contribution in [0.25, 0.3) is 0 Å². The highest BCUT2D eigenvalue weighted by atomic mass is 35.5. The Balaban J connectivity index is 1.39. The largest absolute Gasteiger partial charge is 0.370 e. The molecule has 2 saturated carbocycles. The number of halogens is 1. The van der Waals surface area contributed by atoms with Crippen molar-refractivity contribution in [2.24, 2.45) is 0 Å². The Bertz CT molecular complexity index is 270. The van der Waals surface area contributed by atoms with Gasteiger partial charge in [0.2, 0.25) is 0 Å². The Morgan fingerprint density at radius 2 is 1.72 bits per heavy atom. The second-order valence-corrected chi connectivity index (χ2v) is 7.14. The zero-order valence-electron chi connectivity index (χ0n) is 11.3. The van der Waals surface area contributed by atoms with Crippen molar-refractivity contribution in [1.29, 1.82) is 0 Å². The third kappa shape index (κ3) is 3.02. The first-order chi connectivity index (χ1) is 8.76. The molecule has 2 nitrogen and oxygen atoms in total. The van der Waals surface area contributed by atoms with Crippen molar-refractivity contribution in [3.05, 3.63) is 0 Å². The topological polar surface area (TPSA) is 21.3 Å². The highest BCUT2D eigenvalue weighted by Gasteiger charge is 2.42. The van der Waals surface area contributed by atoms with E-state index < -0.39 is 0 Å². The van der Waals surface area contributed by atoms with Gasteiger partial charge in [0.25, 0.3) is 0 Å². The number of alkyl halides is 1. The van der Waals surface area contributed by atoms with Gasteiger partial charge in [-0.05, 0) is 51.4 Å². The molecule has 0 bridgehead atoms. The summed E-state index contributed by atoms with van der Waals surface area (Å²) in [6.07, 6.45) is 13.2. The molecule has 0 aromatic rings. The lowest BCUT2D eigenvalue weighted by molar-refractivity contribution is -0.0361. The van der Waals surface area contributed by atoms with Gasteiger partial charge in [0, 0.05) is 18.0 Å². The van der Waals surface area contributed by atoms with Crippen molar-refractivity contribution in [3.8, 4) is 0 Å². The molecule has 3 fully saturated rings. The third-order valence-electron chi connectivity index (χ3n) is 5.14. The van der Waals surface area contributed by atoms with Crippen LogP contribution in [0.2, 0.25) is 0 Å². The van der Waals surface area contributed by atoms with Gasteiger partial charge in [0.1, 0.15) is 0 Å². The normalized spacial score (nSPS) is 39.5. The SMILES string of the molecule is ClC1CCC(NCC2CCC3(CCCC3)O2)CC1. The third-order valence-corrected chi connectivity index (χ3v) is 5.58. The summed E-state index contributed by atoms with van der Waals surface area (Å²) in [5.41, 5.74) is 0.292. The molecular weight excluding hydrogens is 246 g/mol. The predicted molar refractivity (Wildman–Crippen MR) is 75.2 cm³/mol. The van der Waals surface area contributed by atoms with Gasteiger partial charge in [-0.15, -0.1) is 11.6 Å². The standard InChI is InChI=1S/C15H26ClNO/c16-12-3-5-13(6-4-12)17-11-14-7-10-15(18-14)8-1-2-9-15/h12-14,17H,1-11H2. The van der Waals surface area contributed by atoms with E-state index in [0.717, 1.165) is 6.54 Å². The average Bonchev–Trinajstić information content (AvgIpc) is 3.00. The van der Waals surface area contributed by atoms with Crippen LogP contribution < -0.4 is 5.32 Å². The van der Waals surface area contributed by atoms with Gasteiger partial charge in [-0.25, -0.2) is 0 Å². The molecule has 3 aliphatic rings. The summed E-state index contributed by atoms with van der Waals surface area (Å²) < 4.78 is 6.33. The Hall–Kier alpha value is 0.210. The van der Waals surface area contributed by atoms with Crippen LogP contribution in [0.15, 0.2) is 0 Å². The number of hydrogen-bond acceptors (Lipinski definition) is 2. The fourth-order valence-corrected chi connectivity index (χ4v) is 4.23. The van der Waals surface area contributed by atoms with Gasteiger partial charge in [0.05, 0.1) is 11.7 Å². The molecule has 18 heavy (non-hydrogen) atoms. The van der Waals surface area contributed by atoms with Crippen molar-refractivity contribution in [2.75, 3.05) is 6.54 Å². The maximum atomic E-state index is 6.33. The van der Waals surface area contributed by atoms with Crippen LogP contribution in [0.4, 0.5) is 0 Å². The summed E-state index contributed by atoms with van der Waals surface area (Å²) in [6, 6.07) is 0.684. The van der Waals surface area contributed by atoms with E-state index in [9.17, 15) is 0 Å². The van der Waals surface area contributed by atoms with Gasteiger partial charge in [-0.1, -0.05) is 12.8 Å². The monoisotopic (exact) mass is 271 g/mol. The molecule has 1 unspecified atom stereocenters. The second-order valence-electron chi connectivity index (χ2n) is 6.53. The van der Waals surface area contributed by atoms with Crippen LogP contribution in [0.1, 0.15) is 64.2 Å². The van der Waals surface area contributed by atoms with Crippen LogP contribution in [0.5, 0.6) is 0 Å². The molecule has 0 aromatic carbocycles. The maximum Gasteiger partial charge on any atom is 0.0708 e. The van der Waals surface area contributed by atoms with Crippen molar-refractivity contribution in [2.45, 2.75) is 87.3 Å². The van der Waals surface area contributed by atoms with Crippen molar-refractivity contribution in [3.63, 3.8) is 0 Å². The molecule has 1 saturated heterocycles. The molecule has 2 aliphatic carbocycles. The molecular formula is C15H26ClNO. The lowest BCUT2D eigenvalue weighted by atomic mass is 9.95. The summed E-state index contributed by atoms with van der Waals surface area (Å²) in [4.78, 5) is 0. The fraction of sp³-hybridized carbons (Fsp3) is 1.00. The molecule has 0 radical (unpaired) electrons. The lowest BCUT2D eigenvalue weighted by Crippen LogP contribution is -2.39. The molecule has 1 heterocycles. The summed E-state index contributed by atoms with van der Waals surface area (Å²) in [5, 5.41) is 4.13. The van der Waals surface area contributed by atoms with Crippen molar-refractivity contribution in [1.82, 2.24) is 5.32 Å². The maximum absolute atomic E-state index is 6.33. The Morgan fingerprint density at radius 1 is 1.00 bits per heavy atom. The van der Waals surface area contributed by atoms with E-state index in [2.05, 4.69) is 5.32 Å². The van der Waals surface area contributed by atoms with E-state index in [1.165, 1.54) is 64.2 Å². The van der Waals surface area contributed by atoms with E-state index in [1.54, 1.807) is 0 Å². The first-order valence-corrected chi connectivity index (χ1v) is 8.25. The molecule has 3 heteroatoms. The smallest absolute Gasteiger partial charge is 0.0708 e. The van der Waals surface area contributed by atoms with E-state index in [-0.39, 0.29) is 0 Å². The molecule has 1 spiro atoms. The minimum absolute atomic E-state index is 0.292. The Labute approximate surface area is 116 Å². The second kappa shape index (κ2) is 5.68. The summed E-state index contributed by atoms with van der Waals surface area (Å²) in [6.45, 7) is 1.05. The van der Waals surface area contributed by atoms with Gasteiger partial charge in [-0.2, -0.15) is 0 Å². The quantitative estimate of drug-likeness (QED) is 0.792. The lowest BCUT2D eigenvalue weighted by Gasteiger charge is -2.28. The molecule has 1 aliphatic heterocycles. The number of ether oxygens (including phenoxy) is 1. The van der Waals surface area contributed by atoms with Crippen molar-refractivity contribution >= 4 is 11.6 Å². The first kappa shape index (κ1) is 13.2. The molecule has 0 amide bonds. The van der Waals surface area contributed by atoms with Gasteiger partial charge >= 0.3 is 0 Å². The summed E-state index contributed by atoms with van der Waals surface area (Å²) in [7, 11) is 0. The van der Waals surface area contributed by atoms with Crippen molar-refractivity contribution < 1.29 is 4.74 Å². The van der Waals surface area contributed by atoms with Crippen LogP contribution in [0, 0.1) is 0 Å².